The van der Waals surface area contributed by atoms with Crippen LogP contribution in [0.15, 0.2) is 36.8 Å². The highest BCUT2D eigenvalue weighted by Crippen LogP contribution is 2.07. The summed E-state index contributed by atoms with van der Waals surface area (Å²) in [5, 5.41) is 3.51. The van der Waals surface area contributed by atoms with Crippen LogP contribution in [0.1, 0.15) is 24.6 Å². The zero-order valence-electron chi connectivity index (χ0n) is 12.1. The van der Waals surface area contributed by atoms with Crippen molar-refractivity contribution in [3.8, 4) is 0 Å². The van der Waals surface area contributed by atoms with Crippen LogP contribution < -0.4 is 5.32 Å². The van der Waals surface area contributed by atoms with E-state index in [2.05, 4.69) is 17.2 Å². The normalized spacial score (nSPS) is 12.6. The summed E-state index contributed by atoms with van der Waals surface area (Å²) in [5.74, 6) is -0.170. The van der Waals surface area contributed by atoms with E-state index in [1.54, 1.807) is 0 Å². The van der Waals surface area contributed by atoms with Gasteiger partial charge in [0.25, 0.3) is 0 Å². The molecular formula is C16H22FN3. The molecule has 1 aromatic heterocycles. The summed E-state index contributed by atoms with van der Waals surface area (Å²) in [5.41, 5.74) is 2.43. The molecule has 1 aromatic carbocycles. The number of hydrogen-bond acceptors (Lipinski definition) is 2. The van der Waals surface area contributed by atoms with Crippen molar-refractivity contribution in [3.63, 3.8) is 0 Å². The highest BCUT2D eigenvalue weighted by molar-refractivity contribution is 5.16. The Labute approximate surface area is 119 Å². The molecule has 0 unspecified atom stereocenters. The third kappa shape index (κ3) is 4.46. The molecular weight excluding hydrogens is 253 g/mol. The van der Waals surface area contributed by atoms with Gasteiger partial charge >= 0.3 is 0 Å². The van der Waals surface area contributed by atoms with Crippen LogP contribution in [0.5, 0.6) is 0 Å². The quantitative estimate of drug-likeness (QED) is 0.842. The van der Waals surface area contributed by atoms with Gasteiger partial charge in [-0.25, -0.2) is 9.37 Å². The molecule has 1 N–H and O–H groups in total. The molecule has 2 rings (SSSR count). The number of aryl methyl sites for hydroxylation is 2. The summed E-state index contributed by atoms with van der Waals surface area (Å²) < 4.78 is 14.8. The third-order valence-corrected chi connectivity index (χ3v) is 3.57. The summed E-state index contributed by atoms with van der Waals surface area (Å²) >= 11 is 0. The van der Waals surface area contributed by atoms with Crippen molar-refractivity contribution in [3.05, 3.63) is 53.9 Å². The van der Waals surface area contributed by atoms with Crippen LogP contribution in [0, 0.1) is 5.82 Å². The van der Waals surface area contributed by atoms with E-state index in [1.807, 2.05) is 36.3 Å². The number of rotatable bonds is 7. The van der Waals surface area contributed by atoms with Crippen molar-refractivity contribution in [2.75, 3.05) is 6.54 Å². The molecule has 4 heteroatoms. The first kappa shape index (κ1) is 14.7. The maximum Gasteiger partial charge on any atom is 0.123 e. The molecule has 2 aromatic rings. The van der Waals surface area contributed by atoms with Crippen molar-refractivity contribution < 1.29 is 4.39 Å². The first-order valence-corrected chi connectivity index (χ1v) is 7.08. The molecule has 0 radical (unpaired) electrons. The van der Waals surface area contributed by atoms with Gasteiger partial charge in [-0.05, 0) is 37.5 Å². The third-order valence-electron chi connectivity index (χ3n) is 3.57. The molecule has 0 spiro atoms. The number of aromatic nitrogens is 2. The molecule has 3 nitrogen and oxygen atoms in total. The van der Waals surface area contributed by atoms with Crippen LogP contribution in [-0.4, -0.2) is 22.1 Å². The van der Waals surface area contributed by atoms with Crippen LogP contribution >= 0.6 is 0 Å². The van der Waals surface area contributed by atoms with Crippen LogP contribution in [0.3, 0.4) is 0 Å². The van der Waals surface area contributed by atoms with Crippen LogP contribution in [0.4, 0.5) is 4.39 Å². The number of nitrogens with one attached hydrogen (secondary N) is 1. The molecule has 20 heavy (non-hydrogen) atoms. The van der Waals surface area contributed by atoms with Crippen molar-refractivity contribution in [2.45, 2.75) is 32.2 Å². The first-order valence-electron chi connectivity index (χ1n) is 7.08. The fourth-order valence-corrected chi connectivity index (χ4v) is 2.21. The number of hydrogen-bond donors (Lipinski definition) is 1. The van der Waals surface area contributed by atoms with Gasteiger partial charge in [-0.15, -0.1) is 0 Å². The van der Waals surface area contributed by atoms with E-state index in [-0.39, 0.29) is 5.82 Å². The zero-order chi connectivity index (χ0) is 14.4. The predicted molar refractivity (Wildman–Crippen MR) is 79.1 cm³/mol. The topological polar surface area (TPSA) is 29.9 Å². The average molecular weight is 275 g/mol. The number of imidazole rings is 1. The Morgan fingerprint density at radius 3 is 2.65 bits per heavy atom. The molecule has 0 aliphatic carbocycles. The van der Waals surface area contributed by atoms with E-state index in [0.29, 0.717) is 6.04 Å². The van der Waals surface area contributed by atoms with Crippen molar-refractivity contribution >= 4 is 0 Å². The first-order chi connectivity index (χ1) is 9.65. The maximum absolute atomic E-state index is 12.8. The second kappa shape index (κ2) is 7.20. The highest BCUT2D eigenvalue weighted by atomic mass is 19.1. The molecule has 0 saturated heterocycles. The molecule has 0 aliphatic heterocycles. The van der Waals surface area contributed by atoms with E-state index >= 15 is 0 Å². The van der Waals surface area contributed by atoms with Crippen LogP contribution in [0.2, 0.25) is 0 Å². The lowest BCUT2D eigenvalue weighted by Crippen LogP contribution is -2.28. The van der Waals surface area contributed by atoms with Gasteiger partial charge in [0.1, 0.15) is 5.82 Å². The van der Waals surface area contributed by atoms with Gasteiger partial charge in [0.2, 0.25) is 0 Å². The Bertz CT molecular complexity index is 519. The molecule has 108 valence electrons. The molecule has 0 saturated carbocycles. The molecule has 0 fully saturated rings. The Kier molecular flexibility index (Phi) is 5.30. The second-order valence-corrected chi connectivity index (χ2v) is 5.27. The molecule has 0 bridgehead atoms. The summed E-state index contributed by atoms with van der Waals surface area (Å²) in [6.07, 6.45) is 6.74. The van der Waals surface area contributed by atoms with Crippen molar-refractivity contribution in [1.82, 2.24) is 14.9 Å². The van der Waals surface area contributed by atoms with E-state index in [9.17, 15) is 4.39 Å². The Morgan fingerprint density at radius 1 is 1.25 bits per heavy atom. The number of nitrogens with zero attached hydrogens (tertiary/aromatic N) is 2. The fraction of sp³-hybridized carbons (Fsp3) is 0.438. The van der Waals surface area contributed by atoms with Gasteiger partial charge in [-0.1, -0.05) is 12.1 Å². The summed E-state index contributed by atoms with van der Waals surface area (Å²) in [7, 11) is 2.01. The SMILES string of the molecule is C[C@@H](CCc1ccc(F)cc1)NCCc1cncn1C. The van der Waals surface area contributed by atoms with Gasteiger partial charge in [0, 0.05) is 37.9 Å². The standard InChI is InChI=1S/C16H22FN3/c1-13(3-4-14-5-7-15(17)8-6-14)19-10-9-16-11-18-12-20(16)2/h5-8,11-13,19H,3-4,9-10H2,1-2H3/t13-/m0/s1. The van der Waals surface area contributed by atoms with Gasteiger partial charge in [0.15, 0.2) is 0 Å². The summed E-state index contributed by atoms with van der Waals surface area (Å²) in [6, 6.07) is 7.22. The lowest BCUT2D eigenvalue weighted by Gasteiger charge is -2.13. The smallest absolute Gasteiger partial charge is 0.123 e. The number of benzene rings is 1. The molecule has 1 atom stereocenters. The number of halogens is 1. The summed E-state index contributed by atoms with van der Waals surface area (Å²) in [4.78, 5) is 4.11. The Morgan fingerprint density at radius 2 is 2.00 bits per heavy atom. The Balaban J connectivity index is 1.66. The van der Waals surface area contributed by atoms with E-state index in [0.717, 1.165) is 25.8 Å². The zero-order valence-corrected chi connectivity index (χ0v) is 12.1. The van der Waals surface area contributed by atoms with E-state index in [4.69, 9.17) is 0 Å². The van der Waals surface area contributed by atoms with Gasteiger partial charge in [-0.3, -0.25) is 0 Å². The van der Waals surface area contributed by atoms with Gasteiger partial charge in [-0.2, -0.15) is 0 Å². The minimum absolute atomic E-state index is 0.170. The minimum Gasteiger partial charge on any atom is -0.338 e. The van der Waals surface area contributed by atoms with Crippen LogP contribution in [0.25, 0.3) is 0 Å². The van der Waals surface area contributed by atoms with Gasteiger partial charge in [0.05, 0.1) is 6.33 Å². The average Bonchev–Trinajstić information content (AvgIpc) is 2.84. The molecule has 0 amide bonds. The van der Waals surface area contributed by atoms with Crippen molar-refractivity contribution in [2.24, 2.45) is 7.05 Å². The molecule has 1 heterocycles. The predicted octanol–water partition coefficient (Wildman–Crippen LogP) is 2.71. The summed E-state index contributed by atoms with van der Waals surface area (Å²) in [6.45, 7) is 3.14. The largest absolute Gasteiger partial charge is 0.338 e. The minimum atomic E-state index is -0.170. The van der Waals surface area contributed by atoms with Gasteiger partial charge < -0.3 is 9.88 Å². The lowest BCUT2D eigenvalue weighted by molar-refractivity contribution is 0.513. The van der Waals surface area contributed by atoms with E-state index in [1.165, 1.54) is 23.4 Å². The van der Waals surface area contributed by atoms with Crippen LogP contribution in [-0.2, 0) is 19.9 Å². The lowest BCUT2D eigenvalue weighted by atomic mass is 10.1. The maximum atomic E-state index is 12.8. The van der Waals surface area contributed by atoms with Crippen molar-refractivity contribution in [1.29, 1.82) is 0 Å². The monoisotopic (exact) mass is 275 g/mol. The van der Waals surface area contributed by atoms with E-state index < -0.39 is 0 Å². The second-order valence-electron chi connectivity index (χ2n) is 5.27. The highest BCUT2D eigenvalue weighted by Gasteiger charge is 2.03. The Hall–Kier alpha value is -1.68. The molecule has 0 aliphatic rings. The fourth-order valence-electron chi connectivity index (χ4n) is 2.21.